The monoisotopic (exact) mass is 475 g/mol. The number of hydrogen-bond donors (Lipinski definition) is 0. The molecule has 0 fully saturated rings. The minimum absolute atomic E-state index is 0.140. The molecule has 3 aromatic carbocycles. The third-order valence-corrected chi connectivity index (χ3v) is 6.55. The van der Waals surface area contributed by atoms with E-state index in [4.69, 9.17) is 24.4 Å². The molecular formula is C28H21N5O3. The number of aromatic nitrogens is 5. The van der Waals surface area contributed by atoms with Crippen molar-refractivity contribution in [2.45, 2.75) is 19.9 Å². The summed E-state index contributed by atoms with van der Waals surface area (Å²) in [7, 11) is 0. The summed E-state index contributed by atoms with van der Waals surface area (Å²) in [6, 6.07) is 23.3. The van der Waals surface area contributed by atoms with Gasteiger partial charge in [-0.15, -0.1) is 0 Å². The summed E-state index contributed by atoms with van der Waals surface area (Å²) in [6.45, 7) is 2.57. The normalized spacial score (nSPS) is 12.7. The Kier molecular flexibility index (Phi) is 4.54. The zero-order valence-electron chi connectivity index (χ0n) is 19.5. The van der Waals surface area contributed by atoms with Crippen LogP contribution in [-0.2, 0) is 13.0 Å². The van der Waals surface area contributed by atoms with Crippen molar-refractivity contribution >= 4 is 33.2 Å². The molecule has 176 valence electrons. The van der Waals surface area contributed by atoms with E-state index in [1.807, 2.05) is 84.3 Å². The molecule has 8 nitrogen and oxygen atoms in total. The van der Waals surface area contributed by atoms with E-state index in [0.29, 0.717) is 52.5 Å². The van der Waals surface area contributed by atoms with Gasteiger partial charge in [-0.2, -0.15) is 0 Å². The van der Waals surface area contributed by atoms with Gasteiger partial charge in [-0.05, 0) is 42.0 Å². The molecule has 0 saturated heterocycles. The number of nitrogens with zero attached hydrogens (tertiary/aromatic N) is 5. The number of hydrogen-bond acceptors (Lipinski definition) is 6. The van der Waals surface area contributed by atoms with Crippen LogP contribution in [0.2, 0.25) is 0 Å². The molecule has 8 heteroatoms. The Balaban J connectivity index is 1.54. The second-order valence-electron chi connectivity index (χ2n) is 8.71. The topological polar surface area (TPSA) is 84.1 Å². The van der Waals surface area contributed by atoms with Gasteiger partial charge in [0.2, 0.25) is 6.79 Å². The second kappa shape index (κ2) is 7.91. The van der Waals surface area contributed by atoms with E-state index in [9.17, 15) is 4.79 Å². The molecule has 0 radical (unpaired) electrons. The Morgan fingerprint density at radius 2 is 1.58 bits per heavy atom. The molecule has 0 saturated carbocycles. The molecular weight excluding hydrogens is 454 g/mol. The zero-order chi connectivity index (χ0) is 24.2. The summed E-state index contributed by atoms with van der Waals surface area (Å²) >= 11 is 0. The van der Waals surface area contributed by atoms with Crippen LogP contribution in [0.1, 0.15) is 18.3 Å². The maximum atomic E-state index is 14.1. The first-order valence-corrected chi connectivity index (χ1v) is 11.9. The molecule has 0 bridgehead atoms. The fraction of sp³-hybridized carbons (Fsp3) is 0.143. The van der Waals surface area contributed by atoms with E-state index in [0.717, 1.165) is 22.3 Å². The summed E-state index contributed by atoms with van der Waals surface area (Å²) < 4.78 is 14.6. The first-order valence-electron chi connectivity index (χ1n) is 11.9. The van der Waals surface area contributed by atoms with Crippen LogP contribution in [0, 0.1) is 0 Å². The summed E-state index contributed by atoms with van der Waals surface area (Å²) in [5.41, 5.74) is 4.90. The molecule has 3 aromatic heterocycles. The molecule has 4 heterocycles. The van der Waals surface area contributed by atoms with Crippen LogP contribution in [0.25, 0.3) is 38.9 Å². The Bertz CT molecular complexity index is 1860. The van der Waals surface area contributed by atoms with Gasteiger partial charge in [0.25, 0.3) is 5.56 Å². The Morgan fingerprint density at radius 3 is 2.39 bits per heavy atom. The van der Waals surface area contributed by atoms with Crippen LogP contribution in [0.3, 0.4) is 0 Å². The van der Waals surface area contributed by atoms with Crippen molar-refractivity contribution in [1.82, 2.24) is 24.1 Å². The fourth-order valence-electron chi connectivity index (χ4n) is 4.85. The van der Waals surface area contributed by atoms with Crippen molar-refractivity contribution in [3.05, 3.63) is 94.5 Å². The van der Waals surface area contributed by atoms with Crippen molar-refractivity contribution in [2.24, 2.45) is 0 Å². The highest BCUT2D eigenvalue weighted by molar-refractivity contribution is 6.05. The molecule has 0 atom stereocenters. The van der Waals surface area contributed by atoms with Crippen LogP contribution in [0.4, 0.5) is 0 Å². The number of rotatable bonds is 4. The van der Waals surface area contributed by atoms with Gasteiger partial charge >= 0.3 is 0 Å². The highest BCUT2D eigenvalue weighted by Gasteiger charge is 2.23. The van der Waals surface area contributed by atoms with Crippen LogP contribution in [0.15, 0.2) is 77.6 Å². The van der Waals surface area contributed by atoms with E-state index >= 15 is 0 Å². The molecule has 7 rings (SSSR count). The van der Waals surface area contributed by atoms with E-state index in [1.165, 1.54) is 0 Å². The largest absolute Gasteiger partial charge is 0.454 e. The average molecular weight is 476 g/mol. The highest BCUT2D eigenvalue weighted by atomic mass is 16.7. The Morgan fingerprint density at radius 1 is 0.833 bits per heavy atom. The maximum absolute atomic E-state index is 14.1. The molecule has 1 aliphatic rings. The molecule has 36 heavy (non-hydrogen) atoms. The number of aryl methyl sites for hydroxylation is 1. The SMILES string of the molecule is CCc1nc2c(c(=O)n1Cc1ccc3c(c1)OCO3)c1nc3ccccc3nc1n2-c1ccccc1. The van der Waals surface area contributed by atoms with Gasteiger partial charge in [-0.25, -0.2) is 15.0 Å². The molecule has 6 aromatic rings. The lowest BCUT2D eigenvalue weighted by Gasteiger charge is -2.13. The van der Waals surface area contributed by atoms with E-state index in [-0.39, 0.29) is 12.4 Å². The van der Waals surface area contributed by atoms with Crippen molar-refractivity contribution < 1.29 is 9.47 Å². The first kappa shape index (κ1) is 20.6. The van der Waals surface area contributed by atoms with Gasteiger partial charge in [0.1, 0.15) is 16.7 Å². The Labute approximate surface area is 205 Å². The lowest BCUT2D eigenvalue weighted by atomic mass is 10.2. The summed E-state index contributed by atoms with van der Waals surface area (Å²) in [4.78, 5) is 29.0. The number of benzene rings is 3. The summed E-state index contributed by atoms with van der Waals surface area (Å²) in [5.74, 6) is 2.09. The van der Waals surface area contributed by atoms with Crippen LogP contribution in [0.5, 0.6) is 11.5 Å². The van der Waals surface area contributed by atoms with Gasteiger partial charge in [-0.3, -0.25) is 13.9 Å². The molecule has 0 spiro atoms. The maximum Gasteiger partial charge on any atom is 0.265 e. The van der Waals surface area contributed by atoms with Gasteiger partial charge < -0.3 is 9.47 Å². The third kappa shape index (κ3) is 3.07. The van der Waals surface area contributed by atoms with E-state index in [2.05, 4.69) is 0 Å². The van der Waals surface area contributed by atoms with Crippen LogP contribution < -0.4 is 15.0 Å². The number of fused-ring (bicyclic) bond motifs is 5. The lowest BCUT2D eigenvalue weighted by Crippen LogP contribution is -2.26. The molecule has 0 amide bonds. The molecule has 0 N–H and O–H groups in total. The van der Waals surface area contributed by atoms with Gasteiger partial charge in [-0.1, -0.05) is 43.3 Å². The molecule has 0 unspecified atom stereocenters. The fourth-order valence-corrected chi connectivity index (χ4v) is 4.85. The van der Waals surface area contributed by atoms with Gasteiger partial charge in [0, 0.05) is 12.1 Å². The molecule has 0 aliphatic carbocycles. The number of ether oxygens (including phenoxy) is 2. The van der Waals surface area contributed by atoms with Crippen molar-refractivity contribution in [2.75, 3.05) is 6.79 Å². The van der Waals surface area contributed by atoms with Crippen molar-refractivity contribution in [3.8, 4) is 17.2 Å². The third-order valence-electron chi connectivity index (χ3n) is 6.55. The second-order valence-corrected chi connectivity index (χ2v) is 8.71. The lowest BCUT2D eigenvalue weighted by molar-refractivity contribution is 0.174. The predicted molar refractivity (Wildman–Crippen MR) is 137 cm³/mol. The van der Waals surface area contributed by atoms with Crippen molar-refractivity contribution in [3.63, 3.8) is 0 Å². The predicted octanol–water partition coefficient (Wildman–Crippen LogP) is 4.62. The number of para-hydroxylation sites is 3. The van der Waals surface area contributed by atoms with Gasteiger partial charge in [0.15, 0.2) is 22.8 Å². The Hall–Kier alpha value is -4.72. The summed E-state index contributed by atoms with van der Waals surface area (Å²) in [5, 5.41) is 0.463. The average Bonchev–Trinajstić information content (AvgIpc) is 3.51. The minimum Gasteiger partial charge on any atom is -0.454 e. The van der Waals surface area contributed by atoms with Gasteiger partial charge in [0.05, 0.1) is 17.6 Å². The van der Waals surface area contributed by atoms with Crippen LogP contribution >= 0.6 is 0 Å². The van der Waals surface area contributed by atoms with E-state index in [1.54, 1.807) is 4.57 Å². The standard InChI is InChI=1S/C28H21N5O3/c1-2-23-31-26-24(28(34)32(23)15-17-12-13-21-22(14-17)36-16-35-21)25-27(33(26)18-8-4-3-5-9-18)30-20-11-7-6-10-19(20)29-25/h3-14H,2,15-16H2,1H3. The van der Waals surface area contributed by atoms with E-state index < -0.39 is 0 Å². The van der Waals surface area contributed by atoms with Crippen molar-refractivity contribution in [1.29, 1.82) is 0 Å². The first-order chi connectivity index (χ1) is 17.7. The molecule has 1 aliphatic heterocycles. The summed E-state index contributed by atoms with van der Waals surface area (Å²) in [6.07, 6.45) is 0.592. The van der Waals surface area contributed by atoms with Crippen LogP contribution in [-0.4, -0.2) is 30.9 Å². The minimum atomic E-state index is -0.140. The zero-order valence-corrected chi connectivity index (χ0v) is 19.5. The highest BCUT2D eigenvalue weighted by Crippen LogP contribution is 2.33. The quantitative estimate of drug-likeness (QED) is 0.370. The smallest absolute Gasteiger partial charge is 0.265 e.